The Morgan fingerprint density at radius 2 is 2.03 bits per heavy atom. The second-order valence-corrected chi connectivity index (χ2v) is 12.8. The van der Waals surface area contributed by atoms with Crippen LogP contribution in [0.1, 0.15) is 82.3 Å². The van der Waals surface area contributed by atoms with Crippen LogP contribution < -0.4 is 4.52 Å². The summed E-state index contributed by atoms with van der Waals surface area (Å²) >= 11 is 0. The predicted molar refractivity (Wildman–Crippen MR) is 133 cm³/mol. The summed E-state index contributed by atoms with van der Waals surface area (Å²) in [5, 5.41) is 0. The van der Waals surface area contributed by atoms with Crippen LogP contribution in [0.2, 0.25) is 0 Å². The number of carbonyl (C=O) groups is 1. The van der Waals surface area contributed by atoms with Crippen molar-refractivity contribution in [2.45, 2.75) is 89.7 Å². The van der Waals surface area contributed by atoms with Crippen LogP contribution in [-0.4, -0.2) is 46.4 Å². The molecule has 3 fully saturated rings. The first kappa shape index (κ1) is 25.3. The molecule has 2 N–H and O–H groups in total. The summed E-state index contributed by atoms with van der Waals surface area (Å²) in [6, 6.07) is 5.50. The van der Waals surface area contributed by atoms with Crippen LogP contribution >= 0.6 is 7.82 Å². The van der Waals surface area contributed by atoms with Gasteiger partial charge in [-0.1, -0.05) is 32.8 Å². The van der Waals surface area contributed by atoms with Gasteiger partial charge < -0.3 is 9.26 Å². The molecule has 0 bridgehead atoms. The van der Waals surface area contributed by atoms with Gasteiger partial charge in [0.1, 0.15) is 17.9 Å². The van der Waals surface area contributed by atoms with E-state index in [4.69, 9.17) is 9.26 Å². The molecular weight excluding hydrogens is 465 g/mol. The third kappa shape index (κ3) is 4.70. The molecule has 1 aromatic carbocycles. The number of ether oxygens (including phenoxy) is 1. The summed E-state index contributed by atoms with van der Waals surface area (Å²) in [6.07, 6.45) is 9.26. The number of benzene rings is 1. The van der Waals surface area contributed by atoms with Crippen molar-refractivity contribution >= 4 is 13.8 Å². The van der Waals surface area contributed by atoms with Crippen molar-refractivity contribution in [3.63, 3.8) is 0 Å². The first-order valence-electron chi connectivity index (χ1n) is 13.4. The molecular formula is C27H40NO6P. The summed E-state index contributed by atoms with van der Waals surface area (Å²) in [6.45, 7) is 5.57. The van der Waals surface area contributed by atoms with Gasteiger partial charge in [0.2, 0.25) is 0 Å². The molecule has 5 rings (SSSR count). The molecule has 7 nitrogen and oxygen atoms in total. The maximum atomic E-state index is 13.0. The molecule has 0 unspecified atom stereocenters. The molecule has 0 spiro atoms. The molecule has 3 aliphatic carbocycles. The highest BCUT2D eigenvalue weighted by molar-refractivity contribution is 7.46. The summed E-state index contributed by atoms with van der Waals surface area (Å²) < 4.78 is 22.5. The van der Waals surface area contributed by atoms with Crippen LogP contribution in [-0.2, 0) is 20.5 Å². The third-order valence-corrected chi connectivity index (χ3v) is 10.2. The lowest BCUT2D eigenvalue weighted by atomic mass is 9.52. The number of phosphoric ester groups is 1. The maximum Gasteiger partial charge on any atom is 0.524 e. The lowest BCUT2D eigenvalue weighted by molar-refractivity contribution is -0.163. The van der Waals surface area contributed by atoms with E-state index >= 15 is 0 Å². The Morgan fingerprint density at radius 3 is 2.71 bits per heavy atom. The zero-order valence-corrected chi connectivity index (χ0v) is 22.1. The second kappa shape index (κ2) is 9.48. The number of nitrogens with zero attached hydrogens (tertiary/aromatic N) is 1. The standard InChI is InChI=1S/C27H40NO6P/c1-4-6-17-15-18-16-19(34-35(30,31)32)8-9-20(18)21-12-13-27(2)22(25(17)21)10-11-24(27)33-26(29)23-7-5-14-28(23)3/h8-9,16-17,21-25H,4-7,10-15H2,1-3H3,(H2,30,31,32)/t17-,21-,22+,23-,24+,25-,27+/m1/s1. The van der Waals surface area contributed by atoms with Gasteiger partial charge in [0.15, 0.2) is 0 Å². The van der Waals surface area contributed by atoms with Gasteiger partial charge >= 0.3 is 13.8 Å². The average molecular weight is 506 g/mol. The van der Waals surface area contributed by atoms with Gasteiger partial charge in [0, 0.05) is 5.41 Å². The lowest BCUT2D eigenvalue weighted by Crippen LogP contribution is -2.49. The molecule has 194 valence electrons. The van der Waals surface area contributed by atoms with Crippen LogP contribution in [0.15, 0.2) is 18.2 Å². The van der Waals surface area contributed by atoms with Crippen molar-refractivity contribution in [3.8, 4) is 5.75 Å². The molecule has 4 aliphatic rings. The summed E-state index contributed by atoms with van der Waals surface area (Å²) in [7, 11) is -2.56. The lowest BCUT2D eigenvalue weighted by Gasteiger charge is -2.53. The van der Waals surface area contributed by atoms with E-state index in [2.05, 4.69) is 18.7 Å². The smallest absolute Gasteiger partial charge is 0.461 e. The van der Waals surface area contributed by atoms with Crippen molar-refractivity contribution in [1.82, 2.24) is 4.90 Å². The van der Waals surface area contributed by atoms with E-state index in [-0.39, 0.29) is 29.3 Å². The Labute approximate surface area is 208 Å². The normalized spacial score (nSPS) is 36.8. The third-order valence-electron chi connectivity index (χ3n) is 9.72. The fourth-order valence-corrected chi connectivity index (χ4v) is 8.57. The molecule has 8 heteroatoms. The van der Waals surface area contributed by atoms with Gasteiger partial charge in [-0.25, -0.2) is 4.57 Å². The van der Waals surface area contributed by atoms with Crippen molar-refractivity contribution in [3.05, 3.63) is 29.3 Å². The summed E-state index contributed by atoms with van der Waals surface area (Å²) in [4.78, 5) is 33.7. The Bertz CT molecular complexity index is 1010. The van der Waals surface area contributed by atoms with E-state index in [1.54, 1.807) is 6.07 Å². The van der Waals surface area contributed by atoms with Gasteiger partial charge in [0.25, 0.3) is 0 Å². The quantitative estimate of drug-likeness (QED) is 0.413. The van der Waals surface area contributed by atoms with Gasteiger partial charge in [-0.3, -0.25) is 19.5 Å². The number of esters is 1. The molecule has 1 saturated heterocycles. The van der Waals surface area contributed by atoms with Crippen molar-refractivity contribution in [1.29, 1.82) is 0 Å². The van der Waals surface area contributed by atoms with E-state index < -0.39 is 7.82 Å². The highest BCUT2D eigenvalue weighted by atomic mass is 31.2. The molecule has 0 amide bonds. The van der Waals surface area contributed by atoms with E-state index in [9.17, 15) is 19.1 Å². The van der Waals surface area contributed by atoms with Crippen LogP contribution in [0.4, 0.5) is 0 Å². The number of rotatable bonds is 6. The first-order chi connectivity index (χ1) is 16.6. The monoisotopic (exact) mass is 505 g/mol. The molecule has 2 saturated carbocycles. The van der Waals surface area contributed by atoms with Crippen molar-refractivity contribution < 1.29 is 28.4 Å². The van der Waals surface area contributed by atoms with Crippen LogP contribution in [0.5, 0.6) is 5.75 Å². The van der Waals surface area contributed by atoms with Gasteiger partial charge in [-0.05, 0) is 105 Å². The first-order valence-corrected chi connectivity index (χ1v) is 14.9. The minimum absolute atomic E-state index is 0.00217. The van der Waals surface area contributed by atoms with Crippen LogP contribution in [0.25, 0.3) is 0 Å². The molecule has 1 heterocycles. The van der Waals surface area contributed by atoms with Crippen LogP contribution in [0, 0.1) is 23.2 Å². The number of hydrogen-bond acceptors (Lipinski definition) is 5. The highest BCUT2D eigenvalue weighted by Gasteiger charge is 2.58. The maximum absolute atomic E-state index is 13.0. The predicted octanol–water partition coefficient (Wildman–Crippen LogP) is 5.05. The molecule has 0 radical (unpaired) electrons. The minimum atomic E-state index is -4.58. The largest absolute Gasteiger partial charge is 0.524 e. The zero-order valence-electron chi connectivity index (χ0n) is 21.2. The fourth-order valence-electron chi connectivity index (χ4n) is 8.19. The molecule has 1 aromatic rings. The molecule has 7 atom stereocenters. The summed E-state index contributed by atoms with van der Waals surface area (Å²) in [5.74, 6) is 2.24. The Morgan fingerprint density at radius 1 is 1.23 bits per heavy atom. The zero-order chi connectivity index (χ0) is 25.0. The highest BCUT2D eigenvalue weighted by Crippen LogP contribution is 2.63. The second-order valence-electron chi connectivity index (χ2n) is 11.7. The molecule has 1 aliphatic heterocycles. The number of fused-ring (bicyclic) bond motifs is 5. The summed E-state index contributed by atoms with van der Waals surface area (Å²) in [5.41, 5.74) is 2.50. The average Bonchev–Trinajstić information content (AvgIpc) is 3.35. The minimum Gasteiger partial charge on any atom is -0.461 e. The van der Waals surface area contributed by atoms with Crippen molar-refractivity contribution in [2.24, 2.45) is 23.2 Å². The van der Waals surface area contributed by atoms with E-state index in [1.807, 2.05) is 19.2 Å². The van der Waals surface area contributed by atoms with Crippen LogP contribution in [0.3, 0.4) is 0 Å². The number of likely N-dealkylation sites (tertiary alicyclic amines) is 1. The van der Waals surface area contributed by atoms with Gasteiger partial charge in [-0.15, -0.1) is 0 Å². The Balaban J connectivity index is 1.39. The Hall–Kier alpha value is -1.40. The van der Waals surface area contributed by atoms with Gasteiger partial charge in [-0.2, -0.15) is 0 Å². The Kier molecular flexibility index (Phi) is 6.84. The van der Waals surface area contributed by atoms with E-state index in [0.29, 0.717) is 23.7 Å². The molecule has 35 heavy (non-hydrogen) atoms. The van der Waals surface area contributed by atoms with Crippen molar-refractivity contribution in [2.75, 3.05) is 13.6 Å². The fraction of sp³-hybridized carbons (Fsp3) is 0.741. The van der Waals surface area contributed by atoms with E-state index in [0.717, 1.165) is 64.3 Å². The molecule has 0 aromatic heterocycles. The van der Waals surface area contributed by atoms with E-state index in [1.165, 1.54) is 11.1 Å². The topological polar surface area (TPSA) is 96.3 Å². The van der Waals surface area contributed by atoms with Gasteiger partial charge in [0.05, 0.1) is 0 Å². The number of carbonyl (C=O) groups excluding carboxylic acids is 1. The SMILES string of the molecule is CCC[C@@H]1Cc2cc(OP(=O)(O)O)ccc2[C@H]2CC[C@]3(C)[C@@H](OC(=O)[C@H]4CCCN4C)CC[C@H]3[C@H]12. The number of likely N-dealkylation sites (N-methyl/N-ethyl adjacent to an activating group) is 1. The number of phosphoric acid groups is 1. The number of hydrogen-bond donors (Lipinski definition) is 2.